The standard InChI is InChI=1S/C11H12O3/c1-8-6-9(3-5-11(13)14)2-4-10(8)7-12/h2-6,12H,7H2,1H3,(H,13,14). The molecule has 1 aromatic carbocycles. The number of rotatable bonds is 3. The van der Waals surface area contributed by atoms with Gasteiger partial charge in [-0.15, -0.1) is 0 Å². The lowest BCUT2D eigenvalue weighted by atomic mass is 10.1. The number of aliphatic hydroxyl groups is 1. The molecule has 1 aromatic rings. The fourth-order valence-electron chi connectivity index (χ4n) is 1.17. The number of hydrogen-bond acceptors (Lipinski definition) is 2. The Morgan fingerprint density at radius 2 is 2.21 bits per heavy atom. The van der Waals surface area contributed by atoms with E-state index in [2.05, 4.69) is 0 Å². The largest absolute Gasteiger partial charge is 0.478 e. The molecule has 74 valence electrons. The summed E-state index contributed by atoms with van der Waals surface area (Å²) in [7, 11) is 0. The molecule has 0 saturated heterocycles. The lowest BCUT2D eigenvalue weighted by Gasteiger charge is -2.02. The lowest BCUT2D eigenvalue weighted by molar-refractivity contribution is -0.131. The highest BCUT2D eigenvalue weighted by Crippen LogP contribution is 2.12. The van der Waals surface area contributed by atoms with Gasteiger partial charge in [0.15, 0.2) is 0 Å². The smallest absolute Gasteiger partial charge is 0.328 e. The van der Waals surface area contributed by atoms with Crippen molar-refractivity contribution in [2.24, 2.45) is 0 Å². The predicted molar refractivity (Wildman–Crippen MR) is 53.8 cm³/mol. The Bertz CT molecular complexity index is 367. The lowest BCUT2D eigenvalue weighted by Crippen LogP contribution is -1.89. The molecule has 0 radical (unpaired) electrons. The zero-order valence-electron chi connectivity index (χ0n) is 7.90. The second-order valence-electron chi connectivity index (χ2n) is 3.02. The summed E-state index contributed by atoms with van der Waals surface area (Å²) in [6, 6.07) is 5.40. The summed E-state index contributed by atoms with van der Waals surface area (Å²) >= 11 is 0. The first-order valence-electron chi connectivity index (χ1n) is 4.25. The molecule has 0 atom stereocenters. The fraction of sp³-hybridized carbons (Fsp3) is 0.182. The highest BCUT2D eigenvalue weighted by Gasteiger charge is 1.96. The molecule has 0 aliphatic heterocycles. The van der Waals surface area contributed by atoms with Gasteiger partial charge in [0.1, 0.15) is 0 Å². The fourth-order valence-corrected chi connectivity index (χ4v) is 1.17. The molecule has 0 heterocycles. The van der Waals surface area contributed by atoms with Gasteiger partial charge in [-0.25, -0.2) is 4.79 Å². The molecule has 2 N–H and O–H groups in total. The van der Waals surface area contributed by atoms with Crippen molar-refractivity contribution in [1.82, 2.24) is 0 Å². The number of benzene rings is 1. The van der Waals surface area contributed by atoms with Gasteiger partial charge in [0.05, 0.1) is 6.61 Å². The van der Waals surface area contributed by atoms with Crippen molar-refractivity contribution < 1.29 is 15.0 Å². The number of carbonyl (C=O) groups is 1. The van der Waals surface area contributed by atoms with Crippen molar-refractivity contribution in [3.8, 4) is 0 Å². The number of hydrogen-bond donors (Lipinski definition) is 2. The van der Waals surface area contributed by atoms with Gasteiger partial charge in [-0.2, -0.15) is 0 Å². The minimum absolute atomic E-state index is 0.00869. The van der Waals surface area contributed by atoms with Gasteiger partial charge in [-0.1, -0.05) is 18.2 Å². The molecule has 14 heavy (non-hydrogen) atoms. The van der Waals surface area contributed by atoms with Crippen molar-refractivity contribution in [2.45, 2.75) is 13.5 Å². The Kier molecular flexibility index (Phi) is 3.42. The molecule has 0 amide bonds. The average molecular weight is 192 g/mol. The molecule has 0 aliphatic carbocycles. The monoisotopic (exact) mass is 192 g/mol. The molecule has 0 spiro atoms. The summed E-state index contributed by atoms with van der Waals surface area (Å²) in [5.74, 6) is -0.964. The average Bonchev–Trinajstić information content (AvgIpc) is 2.15. The quantitative estimate of drug-likeness (QED) is 0.715. The number of aryl methyl sites for hydroxylation is 1. The van der Waals surface area contributed by atoms with Crippen LogP contribution in [-0.2, 0) is 11.4 Å². The van der Waals surface area contributed by atoms with E-state index < -0.39 is 5.97 Å². The normalized spacial score (nSPS) is 10.7. The molecule has 0 unspecified atom stereocenters. The summed E-state index contributed by atoms with van der Waals surface area (Å²) in [5, 5.41) is 17.3. The van der Waals surface area contributed by atoms with Gasteiger partial charge in [0, 0.05) is 6.08 Å². The van der Waals surface area contributed by atoms with Crippen LogP contribution in [-0.4, -0.2) is 16.2 Å². The Morgan fingerprint density at radius 3 is 2.71 bits per heavy atom. The van der Waals surface area contributed by atoms with E-state index in [4.69, 9.17) is 10.2 Å². The van der Waals surface area contributed by atoms with E-state index in [1.807, 2.05) is 13.0 Å². The van der Waals surface area contributed by atoms with Crippen molar-refractivity contribution in [2.75, 3.05) is 0 Å². The minimum Gasteiger partial charge on any atom is -0.478 e. The third-order valence-electron chi connectivity index (χ3n) is 1.96. The summed E-state index contributed by atoms with van der Waals surface area (Å²) in [5.41, 5.74) is 2.64. The van der Waals surface area contributed by atoms with Crippen LogP contribution in [0.4, 0.5) is 0 Å². The van der Waals surface area contributed by atoms with E-state index in [-0.39, 0.29) is 6.61 Å². The number of aliphatic hydroxyl groups excluding tert-OH is 1. The van der Waals surface area contributed by atoms with Crippen LogP contribution in [0.5, 0.6) is 0 Å². The SMILES string of the molecule is Cc1cc(C=CC(=O)O)ccc1CO. The van der Waals surface area contributed by atoms with Gasteiger partial charge in [0.25, 0.3) is 0 Å². The number of aliphatic carboxylic acids is 1. The van der Waals surface area contributed by atoms with Crippen LogP contribution in [0.3, 0.4) is 0 Å². The number of carboxylic acid groups (broad SMARTS) is 1. The molecule has 0 fully saturated rings. The molecule has 1 rings (SSSR count). The second kappa shape index (κ2) is 4.58. The predicted octanol–water partition coefficient (Wildman–Crippen LogP) is 1.59. The van der Waals surface area contributed by atoms with Crippen molar-refractivity contribution >= 4 is 12.0 Å². The number of carboxylic acids is 1. The van der Waals surface area contributed by atoms with Gasteiger partial charge in [-0.3, -0.25) is 0 Å². The zero-order valence-corrected chi connectivity index (χ0v) is 7.90. The van der Waals surface area contributed by atoms with E-state index in [0.29, 0.717) is 0 Å². The van der Waals surface area contributed by atoms with E-state index in [0.717, 1.165) is 22.8 Å². The molecule has 3 heteroatoms. The van der Waals surface area contributed by atoms with Crippen LogP contribution < -0.4 is 0 Å². The van der Waals surface area contributed by atoms with E-state index in [1.165, 1.54) is 6.08 Å². The first-order valence-corrected chi connectivity index (χ1v) is 4.25. The zero-order chi connectivity index (χ0) is 10.6. The Labute approximate surface area is 82.3 Å². The summed E-state index contributed by atoms with van der Waals surface area (Å²) < 4.78 is 0. The second-order valence-corrected chi connectivity index (χ2v) is 3.02. The third-order valence-corrected chi connectivity index (χ3v) is 1.96. The maximum absolute atomic E-state index is 10.3. The molecule has 0 saturated carbocycles. The third kappa shape index (κ3) is 2.71. The minimum atomic E-state index is -0.964. The van der Waals surface area contributed by atoms with Crippen molar-refractivity contribution in [3.63, 3.8) is 0 Å². The van der Waals surface area contributed by atoms with Crippen molar-refractivity contribution in [3.05, 3.63) is 41.0 Å². The maximum atomic E-state index is 10.3. The first-order chi connectivity index (χ1) is 6.63. The molecular weight excluding hydrogens is 180 g/mol. The van der Waals surface area contributed by atoms with Crippen molar-refractivity contribution in [1.29, 1.82) is 0 Å². The summed E-state index contributed by atoms with van der Waals surface area (Å²) in [6.45, 7) is 1.89. The summed E-state index contributed by atoms with van der Waals surface area (Å²) in [6.07, 6.45) is 2.61. The van der Waals surface area contributed by atoms with Crippen LogP contribution in [0.15, 0.2) is 24.3 Å². The highest BCUT2D eigenvalue weighted by atomic mass is 16.4. The van der Waals surface area contributed by atoms with Crippen LogP contribution in [0.2, 0.25) is 0 Å². The van der Waals surface area contributed by atoms with E-state index >= 15 is 0 Å². The molecular formula is C11H12O3. The van der Waals surface area contributed by atoms with E-state index in [1.54, 1.807) is 12.1 Å². The molecule has 0 bridgehead atoms. The Balaban J connectivity index is 2.91. The molecule has 0 aromatic heterocycles. The van der Waals surface area contributed by atoms with Crippen LogP contribution in [0.1, 0.15) is 16.7 Å². The topological polar surface area (TPSA) is 57.5 Å². The maximum Gasteiger partial charge on any atom is 0.328 e. The van der Waals surface area contributed by atoms with Gasteiger partial charge in [-0.05, 0) is 29.7 Å². The van der Waals surface area contributed by atoms with Gasteiger partial charge < -0.3 is 10.2 Å². The molecule has 0 aliphatic rings. The Hall–Kier alpha value is -1.61. The van der Waals surface area contributed by atoms with Gasteiger partial charge >= 0.3 is 5.97 Å². The first kappa shape index (κ1) is 10.5. The van der Waals surface area contributed by atoms with Gasteiger partial charge in [0.2, 0.25) is 0 Å². The van der Waals surface area contributed by atoms with Crippen LogP contribution >= 0.6 is 0 Å². The van der Waals surface area contributed by atoms with Crippen LogP contribution in [0, 0.1) is 6.92 Å². The highest BCUT2D eigenvalue weighted by molar-refractivity contribution is 5.85. The van der Waals surface area contributed by atoms with Crippen LogP contribution in [0.25, 0.3) is 6.08 Å². The Morgan fingerprint density at radius 1 is 1.50 bits per heavy atom. The summed E-state index contributed by atoms with van der Waals surface area (Å²) in [4.78, 5) is 10.3. The van der Waals surface area contributed by atoms with E-state index in [9.17, 15) is 4.79 Å². The molecule has 3 nitrogen and oxygen atoms in total.